The minimum absolute atomic E-state index is 0.0600. The van der Waals surface area contributed by atoms with Crippen LogP contribution in [0.4, 0.5) is 34.1 Å². The van der Waals surface area contributed by atoms with Crippen LogP contribution in [0.5, 0.6) is 0 Å². The highest BCUT2D eigenvalue weighted by Crippen LogP contribution is 2.50. The molecule has 0 atom stereocenters. The van der Waals surface area contributed by atoms with Gasteiger partial charge in [-0.3, -0.25) is 19.3 Å². The Morgan fingerprint density at radius 3 is 2.22 bits per heavy atom. The quantitative estimate of drug-likeness (QED) is 0.294. The first-order valence-corrected chi connectivity index (χ1v) is 11.7. The second-order valence-electron chi connectivity index (χ2n) is 7.82. The molecular formula is C22H14Cl2F4N4O3S. The second-order valence-corrected chi connectivity index (χ2v) is 9.61. The lowest BCUT2D eigenvalue weighted by Gasteiger charge is -2.23. The smallest absolute Gasteiger partial charge is 0.369 e. The van der Waals surface area contributed by atoms with Gasteiger partial charge in [0, 0.05) is 5.69 Å². The van der Waals surface area contributed by atoms with Crippen molar-refractivity contribution in [3.05, 3.63) is 68.9 Å². The maximum Gasteiger partial charge on any atom is 0.435 e. The molecule has 7 nitrogen and oxygen atoms in total. The number of carbonyl (C=O) groups is 3. The Hall–Kier alpha value is -3.22. The first-order chi connectivity index (χ1) is 16.8. The van der Waals surface area contributed by atoms with Crippen molar-refractivity contribution in [3.8, 4) is 0 Å². The molecule has 0 radical (unpaired) electrons. The van der Waals surface area contributed by atoms with Crippen molar-refractivity contribution < 1.29 is 31.9 Å². The average molecular weight is 561 g/mol. The van der Waals surface area contributed by atoms with E-state index in [9.17, 15) is 31.9 Å². The third kappa shape index (κ3) is 4.88. The summed E-state index contributed by atoms with van der Waals surface area (Å²) in [7, 11) is 0. The maximum absolute atomic E-state index is 13.9. The summed E-state index contributed by atoms with van der Waals surface area (Å²) in [6.45, 7) is 0. The molecule has 1 fully saturated rings. The minimum Gasteiger partial charge on any atom is -0.369 e. The number of anilines is 3. The van der Waals surface area contributed by atoms with Gasteiger partial charge in [-0.1, -0.05) is 34.5 Å². The number of rotatable bonds is 6. The van der Waals surface area contributed by atoms with Crippen molar-refractivity contribution in [2.24, 2.45) is 11.1 Å². The fraction of sp³-hybridized carbons (Fsp3) is 0.182. The van der Waals surface area contributed by atoms with E-state index in [2.05, 4.69) is 10.3 Å². The van der Waals surface area contributed by atoms with E-state index in [0.29, 0.717) is 0 Å². The van der Waals surface area contributed by atoms with E-state index in [0.717, 1.165) is 29.2 Å². The summed E-state index contributed by atoms with van der Waals surface area (Å²) in [5.41, 5.74) is 2.20. The summed E-state index contributed by atoms with van der Waals surface area (Å²) in [6, 6.07) is 8.15. The topological polar surface area (TPSA) is 105 Å². The lowest BCUT2D eigenvalue weighted by molar-refractivity contribution is -0.141. The first kappa shape index (κ1) is 25.9. The van der Waals surface area contributed by atoms with Crippen LogP contribution in [-0.4, -0.2) is 22.7 Å². The van der Waals surface area contributed by atoms with E-state index in [1.54, 1.807) is 0 Å². The molecule has 14 heteroatoms. The van der Waals surface area contributed by atoms with Crippen molar-refractivity contribution in [2.75, 3.05) is 10.2 Å². The van der Waals surface area contributed by atoms with Crippen LogP contribution in [0.1, 0.15) is 28.2 Å². The zero-order valence-corrected chi connectivity index (χ0v) is 20.2. The molecule has 2 aromatic carbocycles. The number of primary amides is 1. The molecule has 0 spiro atoms. The second kappa shape index (κ2) is 9.34. The minimum atomic E-state index is -5.07. The highest BCUT2D eigenvalue weighted by molar-refractivity contribution is 7.18. The molecular weight excluding hydrogens is 547 g/mol. The van der Waals surface area contributed by atoms with Crippen LogP contribution in [0, 0.1) is 11.2 Å². The summed E-state index contributed by atoms with van der Waals surface area (Å²) >= 11 is 12.0. The molecule has 0 aliphatic heterocycles. The fourth-order valence-electron chi connectivity index (χ4n) is 3.32. The molecule has 0 saturated heterocycles. The number of nitrogens with one attached hydrogen (secondary N) is 1. The summed E-state index contributed by atoms with van der Waals surface area (Å²) in [5, 5.41) is 1.97. The molecule has 0 bridgehead atoms. The lowest BCUT2D eigenvalue weighted by atomic mass is 10.0. The summed E-state index contributed by atoms with van der Waals surface area (Å²) in [5.74, 6) is -3.73. The van der Waals surface area contributed by atoms with Gasteiger partial charge >= 0.3 is 6.18 Å². The van der Waals surface area contributed by atoms with Crippen molar-refractivity contribution in [1.82, 2.24) is 4.98 Å². The van der Waals surface area contributed by atoms with E-state index < -0.39 is 50.8 Å². The zero-order valence-electron chi connectivity index (χ0n) is 17.8. The monoisotopic (exact) mass is 560 g/mol. The van der Waals surface area contributed by atoms with Crippen molar-refractivity contribution in [1.29, 1.82) is 0 Å². The molecule has 0 unspecified atom stereocenters. The number of amides is 3. The molecule has 36 heavy (non-hydrogen) atoms. The highest BCUT2D eigenvalue weighted by atomic mass is 35.5. The molecule has 4 rings (SSSR count). The number of nitrogens with zero attached hydrogens (tertiary/aromatic N) is 2. The van der Waals surface area contributed by atoms with E-state index in [1.807, 2.05) is 0 Å². The van der Waals surface area contributed by atoms with Crippen LogP contribution in [0.15, 0.2) is 42.5 Å². The number of alkyl halides is 3. The van der Waals surface area contributed by atoms with Gasteiger partial charge < -0.3 is 11.1 Å². The lowest BCUT2D eigenvalue weighted by Crippen LogP contribution is -2.41. The number of nitrogens with two attached hydrogens (primary N) is 1. The van der Waals surface area contributed by atoms with E-state index >= 15 is 0 Å². The SMILES string of the molecule is NC(=O)C1(C(=O)N(c2ccc(F)cc2)c2nc(C(F)(F)F)c(C(=O)Nc3ccc(Cl)c(Cl)c3)s2)CC1. The number of hydrogen-bond donors (Lipinski definition) is 2. The van der Waals surface area contributed by atoms with Gasteiger partial charge in [0.2, 0.25) is 11.8 Å². The van der Waals surface area contributed by atoms with Gasteiger partial charge in [0.1, 0.15) is 16.1 Å². The number of hydrogen-bond acceptors (Lipinski definition) is 5. The maximum atomic E-state index is 13.9. The van der Waals surface area contributed by atoms with Gasteiger partial charge in [0.15, 0.2) is 10.8 Å². The van der Waals surface area contributed by atoms with Gasteiger partial charge in [0.05, 0.1) is 15.7 Å². The van der Waals surface area contributed by atoms with Gasteiger partial charge in [-0.2, -0.15) is 13.2 Å². The highest BCUT2D eigenvalue weighted by Gasteiger charge is 2.58. The van der Waals surface area contributed by atoms with Crippen LogP contribution < -0.4 is 16.0 Å². The van der Waals surface area contributed by atoms with Gasteiger partial charge in [-0.15, -0.1) is 0 Å². The fourth-order valence-corrected chi connectivity index (χ4v) is 4.62. The Kier molecular flexibility index (Phi) is 6.71. The standard InChI is InChI=1S/C22H14Cl2F4N4O3S/c23-13-6-3-11(9-14(13)24)30-17(33)15-16(22(26,27)28)31-20(36-15)32(12-4-1-10(25)2-5-12)19(35)21(7-8-21)18(29)34/h1-6,9H,7-8H2,(H2,29,34)(H,30,33). The van der Waals surface area contributed by atoms with Crippen LogP contribution in [-0.2, 0) is 15.8 Å². The molecule has 3 N–H and O–H groups in total. The summed E-state index contributed by atoms with van der Waals surface area (Å²) < 4.78 is 55.1. The number of thiazole rings is 1. The molecule has 1 aliphatic carbocycles. The number of carbonyl (C=O) groups excluding carboxylic acids is 3. The van der Waals surface area contributed by atoms with Crippen molar-refractivity contribution >= 4 is 68.8 Å². The van der Waals surface area contributed by atoms with Gasteiger partial charge in [-0.25, -0.2) is 9.37 Å². The number of aromatic nitrogens is 1. The predicted octanol–water partition coefficient (Wildman–Crippen LogP) is 5.79. The van der Waals surface area contributed by atoms with Crippen LogP contribution in [0.2, 0.25) is 10.0 Å². The van der Waals surface area contributed by atoms with Gasteiger partial charge in [-0.05, 0) is 55.3 Å². The van der Waals surface area contributed by atoms with E-state index in [4.69, 9.17) is 28.9 Å². The molecule has 1 heterocycles. The Morgan fingerprint density at radius 2 is 1.69 bits per heavy atom. The Bertz CT molecular complexity index is 1370. The Labute approximate surface area is 214 Å². The average Bonchev–Trinajstić information content (AvgIpc) is 3.50. The Balaban J connectivity index is 1.80. The zero-order chi connectivity index (χ0) is 26.4. The van der Waals surface area contributed by atoms with E-state index in [1.165, 1.54) is 18.2 Å². The molecule has 1 saturated carbocycles. The number of benzene rings is 2. The van der Waals surface area contributed by atoms with E-state index in [-0.39, 0.29) is 45.6 Å². The van der Waals surface area contributed by atoms with Gasteiger partial charge in [0.25, 0.3) is 5.91 Å². The molecule has 1 aromatic heterocycles. The predicted molar refractivity (Wildman–Crippen MR) is 126 cm³/mol. The molecule has 3 aromatic rings. The third-order valence-electron chi connectivity index (χ3n) is 5.38. The largest absolute Gasteiger partial charge is 0.435 e. The first-order valence-electron chi connectivity index (χ1n) is 10.1. The molecule has 188 valence electrons. The Morgan fingerprint density at radius 1 is 1.06 bits per heavy atom. The van der Waals surface area contributed by atoms with Crippen LogP contribution in [0.3, 0.4) is 0 Å². The summed E-state index contributed by atoms with van der Waals surface area (Å²) in [6.07, 6.45) is -4.90. The third-order valence-corrected chi connectivity index (χ3v) is 7.16. The van der Waals surface area contributed by atoms with Crippen molar-refractivity contribution in [2.45, 2.75) is 19.0 Å². The van der Waals surface area contributed by atoms with Crippen LogP contribution >= 0.6 is 34.5 Å². The van der Waals surface area contributed by atoms with Crippen molar-refractivity contribution in [3.63, 3.8) is 0 Å². The summed E-state index contributed by atoms with van der Waals surface area (Å²) in [4.78, 5) is 41.6. The molecule has 1 aliphatic rings. The molecule has 3 amide bonds. The number of halogens is 6. The normalized spacial score (nSPS) is 14.3. The van der Waals surface area contributed by atoms with Crippen LogP contribution in [0.25, 0.3) is 0 Å².